The summed E-state index contributed by atoms with van der Waals surface area (Å²) in [7, 11) is 3.79. The SMILES string of the molecule is CNC(CSc1ccccc1F)c1cnn(C)c1. The van der Waals surface area contributed by atoms with E-state index in [1.165, 1.54) is 17.8 Å². The molecule has 2 rings (SSSR count). The van der Waals surface area contributed by atoms with Gasteiger partial charge in [0.15, 0.2) is 0 Å². The molecule has 1 heterocycles. The zero-order valence-corrected chi connectivity index (χ0v) is 11.2. The van der Waals surface area contributed by atoms with Gasteiger partial charge in [-0.05, 0) is 19.2 Å². The minimum atomic E-state index is -0.163. The zero-order chi connectivity index (χ0) is 13.0. The highest BCUT2D eigenvalue weighted by Crippen LogP contribution is 2.26. The van der Waals surface area contributed by atoms with Gasteiger partial charge in [-0.3, -0.25) is 4.68 Å². The predicted molar refractivity (Wildman–Crippen MR) is 72.1 cm³/mol. The Morgan fingerprint density at radius 1 is 1.44 bits per heavy atom. The molecule has 0 amide bonds. The molecule has 1 atom stereocenters. The zero-order valence-electron chi connectivity index (χ0n) is 10.4. The molecule has 5 heteroatoms. The second-order valence-electron chi connectivity index (χ2n) is 4.03. The summed E-state index contributed by atoms with van der Waals surface area (Å²) < 4.78 is 15.3. The van der Waals surface area contributed by atoms with Crippen LogP contribution in [0.5, 0.6) is 0 Å². The number of hydrogen-bond donors (Lipinski definition) is 1. The third kappa shape index (κ3) is 3.11. The number of nitrogens with one attached hydrogen (secondary N) is 1. The fourth-order valence-corrected chi connectivity index (χ4v) is 2.79. The maximum Gasteiger partial charge on any atom is 0.136 e. The largest absolute Gasteiger partial charge is 0.312 e. The molecule has 1 unspecified atom stereocenters. The first-order chi connectivity index (χ1) is 8.70. The van der Waals surface area contributed by atoms with Gasteiger partial charge in [-0.2, -0.15) is 5.10 Å². The van der Waals surface area contributed by atoms with E-state index in [4.69, 9.17) is 0 Å². The van der Waals surface area contributed by atoms with Crippen molar-refractivity contribution in [2.24, 2.45) is 7.05 Å². The molecule has 0 spiro atoms. The van der Waals surface area contributed by atoms with Gasteiger partial charge in [-0.25, -0.2) is 4.39 Å². The smallest absolute Gasteiger partial charge is 0.136 e. The van der Waals surface area contributed by atoms with Gasteiger partial charge in [-0.15, -0.1) is 11.8 Å². The van der Waals surface area contributed by atoms with E-state index in [0.717, 1.165) is 11.3 Å². The van der Waals surface area contributed by atoms with E-state index in [1.54, 1.807) is 16.8 Å². The number of benzene rings is 1. The maximum atomic E-state index is 13.5. The molecule has 0 aliphatic rings. The third-order valence-electron chi connectivity index (χ3n) is 2.72. The van der Waals surface area contributed by atoms with Gasteiger partial charge >= 0.3 is 0 Å². The summed E-state index contributed by atoms with van der Waals surface area (Å²) >= 11 is 1.51. The Kier molecular flexibility index (Phi) is 4.38. The summed E-state index contributed by atoms with van der Waals surface area (Å²) in [6, 6.07) is 7.01. The highest BCUT2D eigenvalue weighted by atomic mass is 32.2. The van der Waals surface area contributed by atoms with Crippen LogP contribution < -0.4 is 5.32 Å². The van der Waals surface area contributed by atoms with Crippen molar-refractivity contribution in [2.75, 3.05) is 12.8 Å². The number of nitrogens with zero attached hydrogens (tertiary/aromatic N) is 2. The molecule has 1 aromatic carbocycles. The second-order valence-corrected chi connectivity index (χ2v) is 5.09. The van der Waals surface area contributed by atoms with Crippen LogP contribution in [0.25, 0.3) is 0 Å². The van der Waals surface area contributed by atoms with Crippen LogP contribution in [0, 0.1) is 5.82 Å². The second kappa shape index (κ2) is 6.02. The van der Waals surface area contributed by atoms with Crippen LogP contribution in [-0.4, -0.2) is 22.6 Å². The summed E-state index contributed by atoms with van der Waals surface area (Å²) in [4.78, 5) is 0.682. The molecular formula is C13H16FN3S. The van der Waals surface area contributed by atoms with Gasteiger partial charge in [0, 0.05) is 35.5 Å². The molecule has 1 aromatic heterocycles. The van der Waals surface area contributed by atoms with Gasteiger partial charge in [0.25, 0.3) is 0 Å². The van der Waals surface area contributed by atoms with Crippen molar-refractivity contribution >= 4 is 11.8 Å². The molecule has 0 radical (unpaired) electrons. The first-order valence-corrected chi connectivity index (χ1v) is 6.72. The highest BCUT2D eigenvalue weighted by molar-refractivity contribution is 7.99. The van der Waals surface area contributed by atoms with Crippen LogP contribution in [0.3, 0.4) is 0 Å². The topological polar surface area (TPSA) is 29.9 Å². The first kappa shape index (κ1) is 13.1. The van der Waals surface area contributed by atoms with E-state index < -0.39 is 0 Å². The molecule has 0 bridgehead atoms. The third-order valence-corrected chi connectivity index (χ3v) is 3.86. The summed E-state index contributed by atoms with van der Waals surface area (Å²) in [5, 5.41) is 7.38. The van der Waals surface area contributed by atoms with Crippen molar-refractivity contribution in [3.63, 3.8) is 0 Å². The van der Waals surface area contributed by atoms with Crippen LogP contribution in [-0.2, 0) is 7.05 Å². The van der Waals surface area contributed by atoms with Crippen LogP contribution in [0.1, 0.15) is 11.6 Å². The van der Waals surface area contributed by atoms with Crippen LogP contribution in [0.2, 0.25) is 0 Å². The quantitative estimate of drug-likeness (QED) is 0.843. The van der Waals surface area contributed by atoms with Crippen LogP contribution >= 0.6 is 11.8 Å². The molecule has 0 fully saturated rings. The van der Waals surface area contributed by atoms with Crippen LogP contribution in [0.15, 0.2) is 41.6 Å². The summed E-state index contributed by atoms with van der Waals surface area (Å²) in [5.74, 6) is 0.604. The van der Waals surface area contributed by atoms with Crippen molar-refractivity contribution < 1.29 is 4.39 Å². The Labute approximate surface area is 110 Å². The number of aryl methyl sites for hydroxylation is 1. The number of rotatable bonds is 5. The van der Waals surface area contributed by atoms with Gasteiger partial charge in [0.1, 0.15) is 5.82 Å². The lowest BCUT2D eigenvalue weighted by molar-refractivity contribution is 0.601. The fraction of sp³-hybridized carbons (Fsp3) is 0.308. The summed E-state index contributed by atoms with van der Waals surface area (Å²) in [5.41, 5.74) is 1.11. The van der Waals surface area contributed by atoms with E-state index in [2.05, 4.69) is 10.4 Å². The standard InChI is InChI=1S/C13H16FN3S/c1-15-12(10-7-16-17(2)8-10)9-18-13-6-4-3-5-11(13)14/h3-8,12,15H,9H2,1-2H3. The number of thioether (sulfide) groups is 1. The molecule has 0 saturated carbocycles. The number of aromatic nitrogens is 2. The normalized spacial score (nSPS) is 12.6. The molecule has 0 saturated heterocycles. The minimum absolute atomic E-state index is 0.163. The van der Waals surface area contributed by atoms with Crippen LogP contribution in [0.4, 0.5) is 4.39 Å². The van der Waals surface area contributed by atoms with Crippen molar-refractivity contribution in [3.05, 3.63) is 48.0 Å². The lowest BCUT2D eigenvalue weighted by Gasteiger charge is -2.14. The molecule has 18 heavy (non-hydrogen) atoms. The van der Waals surface area contributed by atoms with Crippen molar-refractivity contribution in [1.82, 2.24) is 15.1 Å². The Morgan fingerprint density at radius 3 is 2.83 bits per heavy atom. The molecule has 96 valence electrons. The molecule has 0 aliphatic heterocycles. The van der Waals surface area contributed by atoms with Gasteiger partial charge in [0.2, 0.25) is 0 Å². The van der Waals surface area contributed by atoms with E-state index in [9.17, 15) is 4.39 Å². The lowest BCUT2D eigenvalue weighted by atomic mass is 10.2. The van der Waals surface area contributed by atoms with Crippen molar-refractivity contribution in [2.45, 2.75) is 10.9 Å². The summed E-state index contributed by atoms with van der Waals surface area (Å²) in [6.45, 7) is 0. The van der Waals surface area contributed by atoms with Gasteiger partial charge in [0.05, 0.1) is 6.20 Å². The molecule has 0 aliphatic carbocycles. The van der Waals surface area contributed by atoms with E-state index in [0.29, 0.717) is 4.90 Å². The number of halogens is 1. The average molecular weight is 265 g/mol. The fourth-order valence-electron chi connectivity index (χ4n) is 1.70. The van der Waals surface area contributed by atoms with Gasteiger partial charge in [-0.1, -0.05) is 12.1 Å². The molecule has 2 aromatic rings. The van der Waals surface area contributed by atoms with Crippen molar-refractivity contribution in [3.8, 4) is 0 Å². The molecular weight excluding hydrogens is 249 g/mol. The average Bonchev–Trinajstić information content (AvgIpc) is 2.79. The lowest BCUT2D eigenvalue weighted by Crippen LogP contribution is -2.18. The van der Waals surface area contributed by atoms with E-state index >= 15 is 0 Å². The molecule has 1 N–H and O–H groups in total. The Bertz CT molecular complexity index is 512. The highest BCUT2D eigenvalue weighted by Gasteiger charge is 2.12. The van der Waals surface area contributed by atoms with E-state index in [-0.39, 0.29) is 11.9 Å². The number of hydrogen-bond acceptors (Lipinski definition) is 3. The molecule has 3 nitrogen and oxygen atoms in total. The van der Waals surface area contributed by atoms with Gasteiger partial charge < -0.3 is 5.32 Å². The summed E-state index contributed by atoms with van der Waals surface area (Å²) in [6.07, 6.45) is 3.81. The van der Waals surface area contributed by atoms with E-state index in [1.807, 2.05) is 32.6 Å². The minimum Gasteiger partial charge on any atom is -0.312 e. The maximum absolute atomic E-state index is 13.5. The first-order valence-electron chi connectivity index (χ1n) is 5.74. The Hall–Kier alpha value is -1.33. The monoisotopic (exact) mass is 265 g/mol. The predicted octanol–water partition coefficient (Wildman–Crippen LogP) is 2.61. The van der Waals surface area contributed by atoms with Crippen molar-refractivity contribution in [1.29, 1.82) is 0 Å². The Balaban J connectivity index is 2.02. The Morgan fingerprint density at radius 2 is 2.22 bits per heavy atom.